The van der Waals surface area contributed by atoms with Gasteiger partial charge in [-0.3, -0.25) is 5.41 Å². The molecular weight excluding hydrogens is 378 g/mol. The predicted octanol–water partition coefficient (Wildman–Crippen LogP) is 3.94. The van der Waals surface area contributed by atoms with E-state index in [-0.39, 0.29) is 5.71 Å². The summed E-state index contributed by atoms with van der Waals surface area (Å²) in [4.78, 5) is 0. The molecular formula is C23H23N5O2. The molecule has 7 nitrogen and oxygen atoms in total. The molecule has 0 saturated carbocycles. The van der Waals surface area contributed by atoms with Crippen LogP contribution in [0, 0.1) is 30.6 Å². The average molecular weight is 401 g/mol. The maximum atomic E-state index is 9.30. The Kier molecular flexibility index (Phi) is 6.28. The Hall–Kier alpha value is -3.92. The van der Waals surface area contributed by atoms with Gasteiger partial charge in [0, 0.05) is 22.4 Å². The molecule has 0 fully saturated rings. The summed E-state index contributed by atoms with van der Waals surface area (Å²) in [7, 11) is 0. The highest BCUT2D eigenvalue weighted by atomic mass is 16.5. The highest BCUT2D eigenvalue weighted by Gasteiger charge is 2.13. The second-order valence-electron chi connectivity index (χ2n) is 6.80. The number of nitrogens with one attached hydrogen (secondary N) is 1. The SMILES string of the molecule is CCOc1cc(C#N)cc(C(=N)c2cc(OCc3c(C)cnnc3C)ccc2N)c1. The van der Waals surface area contributed by atoms with Gasteiger partial charge in [-0.2, -0.15) is 15.5 Å². The molecule has 0 aliphatic rings. The van der Waals surface area contributed by atoms with Crippen LogP contribution in [0.3, 0.4) is 0 Å². The molecule has 3 N–H and O–H groups in total. The van der Waals surface area contributed by atoms with Gasteiger partial charge in [0.1, 0.15) is 18.1 Å². The number of benzene rings is 2. The van der Waals surface area contributed by atoms with Crippen LogP contribution in [0.25, 0.3) is 0 Å². The van der Waals surface area contributed by atoms with Crippen molar-refractivity contribution in [2.45, 2.75) is 27.4 Å². The normalized spacial score (nSPS) is 10.3. The van der Waals surface area contributed by atoms with Gasteiger partial charge in [-0.1, -0.05) is 0 Å². The van der Waals surface area contributed by atoms with Gasteiger partial charge in [0.25, 0.3) is 0 Å². The Bertz CT molecular complexity index is 1110. The van der Waals surface area contributed by atoms with E-state index in [4.69, 9.17) is 20.6 Å². The van der Waals surface area contributed by atoms with Crippen molar-refractivity contribution in [1.82, 2.24) is 10.2 Å². The van der Waals surface area contributed by atoms with E-state index in [1.165, 1.54) is 0 Å². The fourth-order valence-electron chi connectivity index (χ4n) is 3.05. The molecule has 0 saturated heterocycles. The number of nitrogens with zero attached hydrogens (tertiary/aromatic N) is 3. The van der Waals surface area contributed by atoms with E-state index in [0.29, 0.717) is 47.1 Å². The predicted molar refractivity (Wildman–Crippen MR) is 115 cm³/mol. The molecule has 2 aromatic carbocycles. The van der Waals surface area contributed by atoms with Crippen LogP contribution in [-0.2, 0) is 6.61 Å². The van der Waals surface area contributed by atoms with Crippen molar-refractivity contribution in [3.8, 4) is 17.6 Å². The van der Waals surface area contributed by atoms with Gasteiger partial charge >= 0.3 is 0 Å². The third-order valence-corrected chi connectivity index (χ3v) is 4.68. The van der Waals surface area contributed by atoms with E-state index in [9.17, 15) is 5.26 Å². The van der Waals surface area contributed by atoms with Crippen molar-refractivity contribution in [3.63, 3.8) is 0 Å². The minimum absolute atomic E-state index is 0.189. The first-order valence-electron chi connectivity index (χ1n) is 9.50. The Morgan fingerprint density at radius 3 is 2.63 bits per heavy atom. The summed E-state index contributed by atoms with van der Waals surface area (Å²) in [5, 5.41) is 26.0. The smallest absolute Gasteiger partial charge is 0.121 e. The second-order valence-corrected chi connectivity index (χ2v) is 6.80. The third-order valence-electron chi connectivity index (χ3n) is 4.68. The molecule has 7 heteroatoms. The van der Waals surface area contributed by atoms with Crippen LogP contribution >= 0.6 is 0 Å². The maximum Gasteiger partial charge on any atom is 0.121 e. The number of aryl methyl sites for hydroxylation is 2. The quantitative estimate of drug-likeness (QED) is 0.457. The van der Waals surface area contributed by atoms with E-state index < -0.39 is 0 Å². The minimum Gasteiger partial charge on any atom is -0.494 e. The molecule has 0 atom stereocenters. The van der Waals surface area contributed by atoms with Crippen LogP contribution < -0.4 is 15.2 Å². The van der Waals surface area contributed by atoms with Crippen molar-refractivity contribution >= 4 is 11.4 Å². The van der Waals surface area contributed by atoms with Crippen molar-refractivity contribution in [1.29, 1.82) is 10.7 Å². The Morgan fingerprint density at radius 2 is 1.93 bits per heavy atom. The molecule has 0 spiro atoms. The zero-order valence-corrected chi connectivity index (χ0v) is 17.2. The third kappa shape index (κ3) is 4.55. The van der Waals surface area contributed by atoms with Crippen molar-refractivity contribution in [2.75, 3.05) is 12.3 Å². The molecule has 0 aliphatic heterocycles. The summed E-state index contributed by atoms with van der Waals surface area (Å²) in [6.45, 7) is 6.52. The first kappa shape index (κ1) is 20.8. The van der Waals surface area contributed by atoms with Gasteiger partial charge in [-0.25, -0.2) is 0 Å². The van der Waals surface area contributed by atoms with Crippen LogP contribution in [0.1, 0.15) is 40.4 Å². The molecule has 0 radical (unpaired) electrons. The lowest BCUT2D eigenvalue weighted by atomic mass is 9.98. The van der Waals surface area contributed by atoms with Crippen molar-refractivity contribution < 1.29 is 9.47 Å². The molecule has 1 heterocycles. The van der Waals surface area contributed by atoms with Gasteiger partial charge in [0.2, 0.25) is 0 Å². The summed E-state index contributed by atoms with van der Waals surface area (Å²) in [5.74, 6) is 1.12. The van der Waals surface area contributed by atoms with E-state index in [1.54, 1.807) is 42.6 Å². The summed E-state index contributed by atoms with van der Waals surface area (Å²) in [5.41, 5.74) is 11.1. The van der Waals surface area contributed by atoms with Crippen LogP contribution in [-0.4, -0.2) is 22.5 Å². The largest absolute Gasteiger partial charge is 0.494 e. The zero-order valence-electron chi connectivity index (χ0n) is 17.2. The van der Waals surface area contributed by atoms with E-state index in [2.05, 4.69) is 16.3 Å². The number of nitrogens with two attached hydrogens (primary N) is 1. The van der Waals surface area contributed by atoms with E-state index in [1.807, 2.05) is 20.8 Å². The minimum atomic E-state index is 0.189. The van der Waals surface area contributed by atoms with Crippen molar-refractivity contribution in [3.05, 3.63) is 76.1 Å². The molecule has 152 valence electrons. The number of nitrogen functional groups attached to an aromatic ring is 1. The average Bonchev–Trinajstić information content (AvgIpc) is 2.74. The number of hydrogen-bond donors (Lipinski definition) is 2. The highest BCUT2D eigenvalue weighted by molar-refractivity contribution is 6.14. The molecule has 0 aliphatic carbocycles. The number of ether oxygens (including phenoxy) is 2. The van der Waals surface area contributed by atoms with Gasteiger partial charge in [0.15, 0.2) is 0 Å². The maximum absolute atomic E-state index is 9.30. The van der Waals surface area contributed by atoms with Gasteiger partial charge in [-0.05, 0) is 62.7 Å². The number of aromatic nitrogens is 2. The summed E-state index contributed by atoms with van der Waals surface area (Å²) in [6, 6.07) is 12.3. The number of rotatable bonds is 7. The molecule has 0 amide bonds. The Morgan fingerprint density at radius 1 is 1.13 bits per heavy atom. The lowest BCUT2D eigenvalue weighted by molar-refractivity contribution is 0.303. The molecule has 0 unspecified atom stereocenters. The lowest BCUT2D eigenvalue weighted by Gasteiger charge is -2.14. The number of nitriles is 1. The Labute approximate surface area is 175 Å². The second kappa shape index (κ2) is 9.05. The van der Waals surface area contributed by atoms with Gasteiger partial charge in [-0.15, -0.1) is 0 Å². The lowest BCUT2D eigenvalue weighted by Crippen LogP contribution is -2.08. The molecule has 30 heavy (non-hydrogen) atoms. The molecule has 3 aromatic rings. The van der Waals surface area contributed by atoms with Crippen molar-refractivity contribution in [2.24, 2.45) is 0 Å². The topological polar surface area (TPSA) is 118 Å². The first-order chi connectivity index (χ1) is 14.4. The monoisotopic (exact) mass is 401 g/mol. The van der Waals surface area contributed by atoms with Crippen LogP contribution in [0.15, 0.2) is 42.6 Å². The standard InChI is InChI=1S/C23H23N5O2/c1-4-29-19-8-16(11-24)7-17(9-19)23(26)20-10-18(5-6-22(20)25)30-13-21-14(2)12-27-28-15(21)3/h5-10,12,26H,4,13,25H2,1-3H3. The Balaban J connectivity index is 1.89. The summed E-state index contributed by atoms with van der Waals surface area (Å²) < 4.78 is 11.5. The highest BCUT2D eigenvalue weighted by Crippen LogP contribution is 2.26. The van der Waals surface area contributed by atoms with Crippen LogP contribution in [0.2, 0.25) is 0 Å². The number of hydrogen-bond acceptors (Lipinski definition) is 7. The fourth-order valence-corrected chi connectivity index (χ4v) is 3.05. The summed E-state index contributed by atoms with van der Waals surface area (Å²) in [6.07, 6.45) is 1.70. The van der Waals surface area contributed by atoms with Gasteiger partial charge < -0.3 is 15.2 Å². The first-order valence-corrected chi connectivity index (χ1v) is 9.50. The molecule has 1 aromatic heterocycles. The number of anilines is 1. The van der Waals surface area contributed by atoms with E-state index >= 15 is 0 Å². The van der Waals surface area contributed by atoms with Crippen LogP contribution in [0.5, 0.6) is 11.5 Å². The van der Waals surface area contributed by atoms with Crippen LogP contribution in [0.4, 0.5) is 5.69 Å². The van der Waals surface area contributed by atoms with Gasteiger partial charge in [0.05, 0.1) is 35.8 Å². The summed E-state index contributed by atoms with van der Waals surface area (Å²) >= 11 is 0. The molecule has 0 bridgehead atoms. The van der Waals surface area contributed by atoms with E-state index in [0.717, 1.165) is 16.8 Å². The zero-order chi connectivity index (χ0) is 21.7. The fraction of sp³-hybridized carbons (Fsp3) is 0.217. The molecule has 3 rings (SSSR count).